The predicted octanol–water partition coefficient (Wildman–Crippen LogP) is 2.74. The highest BCUT2D eigenvalue weighted by atomic mass is 16.1. The second-order valence-corrected chi connectivity index (χ2v) is 4.91. The van der Waals surface area contributed by atoms with Crippen molar-refractivity contribution in [1.29, 1.82) is 5.26 Å². The van der Waals surface area contributed by atoms with Gasteiger partial charge in [-0.2, -0.15) is 5.26 Å². The molecule has 1 aromatic heterocycles. The Morgan fingerprint density at radius 3 is 2.19 bits per heavy atom. The van der Waals surface area contributed by atoms with Crippen LogP contribution >= 0.6 is 0 Å². The van der Waals surface area contributed by atoms with Crippen molar-refractivity contribution in [3.63, 3.8) is 0 Å². The average Bonchev–Trinajstić information content (AvgIpc) is 2.80. The molecular weight excluding hydrogens is 262 g/mol. The van der Waals surface area contributed by atoms with Gasteiger partial charge in [0, 0.05) is 6.54 Å². The van der Waals surface area contributed by atoms with Gasteiger partial charge < -0.3 is 0 Å². The maximum absolute atomic E-state index is 12.5. The zero-order valence-corrected chi connectivity index (χ0v) is 11.8. The van der Waals surface area contributed by atoms with Gasteiger partial charge in [-0.1, -0.05) is 24.3 Å². The van der Waals surface area contributed by atoms with E-state index in [4.69, 9.17) is 5.26 Å². The summed E-state index contributed by atoms with van der Waals surface area (Å²) in [7, 11) is 0. The molecule has 3 rings (SSSR count). The van der Waals surface area contributed by atoms with Gasteiger partial charge in [0.2, 0.25) is 0 Å². The van der Waals surface area contributed by atoms with Crippen molar-refractivity contribution in [2.75, 3.05) is 0 Å². The summed E-state index contributed by atoms with van der Waals surface area (Å²) in [6.45, 7) is 3.14. The van der Waals surface area contributed by atoms with Crippen LogP contribution in [-0.2, 0) is 13.1 Å². The highest BCUT2D eigenvalue weighted by molar-refractivity contribution is 5.76. The van der Waals surface area contributed by atoms with Crippen LogP contribution in [0.4, 0.5) is 0 Å². The summed E-state index contributed by atoms with van der Waals surface area (Å²) in [5, 5.41) is 8.83. The lowest BCUT2D eigenvalue weighted by atomic mass is 10.1. The second kappa shape index (κ2) is 5.29. The van der Waals surface area contributed by atoms with E-state index in [1.54, 1.807) is 21.3 Å². The molecule has 1 heterocycles. The van der Waals surface area contributed by atoms with E-state index in [0.29, 0.717) is 18.7 Å². The minimum Gasteiger partial charge on any atom is -0.292 e. The summed E-state index contributed by atoms with van der Waals surface area (Å²) in [6, 6.07) is 17.3. The Morgan fingerprint density at radius 2 is 1.62 bits per heavy atom. The summed E-state index contributed by atoms with van der Waals surface area (Å²) in [4.78, 5) is 12.5. The summed E-state index contributed by atoms with van der Waals surface area (Å²) in [6.07, 6.45) is 0. The number of nitrogens with zero attached hydrogens (tertiary/aromatic N) is 3. The minimum absolute atomic E-state index is 0.00283. The van der Waals surface area contributed by atoms with Gasteiger partial charge in [-0.25, -0.2) is 4.79 Å². The lowest BCUT2D eigenvalue weighted by molar-refractivity contribution is 0.684. The number of nitriles is 1. The Kier molecular flexibility index (Phi) is 3.33. The third-order valence-corrected chi connectivity index (χ3v) is 3.67. The van der Waals surface area contributed by atoms with Crippen molar-refractivity contribution in [3.05, 3.63) is 70.1 Å². The van der Waals surface area contributed by atoms with Gasteiger partial charge in [0.15, 0.2) is 0 Å². The number of aromatic nitrogens is 2. The van der Waals surface area contributed by atoms with Crippen LogP contribution in [0, 0.1) is 11.3 Å². The van der Waals surface area contributed by atoms with Crippen LogP contribution < -0.4 is 5.69 Å². The highest BCUT2D eigenvalue weighted by Crippen LogP contribution is 2.14. The fraction of sp³-hybridized carbons (Fsp3) is 0.176. The molecule has 0 atom stereocenters. The van der Waals surface area contributed by atoms with Gasteiger partial charge in [0.1, 0.15) is 0 Å². The third-order valence-electron chi connectivity index (χ3n) is 3.67. The van der Waals surface area contributed by atoms with Crippen LogP contribution in [0.15, 0.2) is 53.3 Å². The molecule has 0 unspecified atom stereocenters. The topological polar surface area (TPSA) is 50.7 Å². The zero-order chi connectivity index (χ0) is 14.8. The van der Waals surface area contributed by atoms with Gasteiger partial charge >= 0.3 is 5.69 Å². The molecule has 4 heteroatoms. The first-order valence-corrected chi connectivity index (χ1v) is 6.91. The normalized spacial score (nSPS) is 10.7. The molecule has 0 fully saturated rings. The van der Waals surface area contributed by atoms with Crippen molar-refractivity contribution < 1.29 is 0 Å². The van der Waals surface area contributed by atoms with Crippen molar-refractivity contribution >= 4 is 11.0 Å². The highest BCUT2D eigenvalue weighted by Gasteiger charge is 2.11. The summed E-state index contributed by atoms with van der Waals surface area (Å²) in [5.74, 6) is 0. The smallest absolute Gasteiger partial charge is 0.292 e. The van der Waals surface area contributed by atoms with Gasteiger partial charge in [-0.3, -0.25) is 9.13 Å². The van der Waals surface area contributed by atoms with Crippen LogP contribution in [0.25, 0.3) is 11.0 Å². The quantitative estimate of drug-likeness (QED) is 0.739. The van der Waals surface area contributed by atoms with E-state index in [1.807, 2.05) is 43.3 Å². The molecule has 0 spiro atoms. The number of imidazole rings is 1. The Hall–Kier alpha value is -2.80. The molecule has 21 heavy (non-hydrogen) atoms. The van der Waals surface area contributed by atoms with E-state index in [1.165, 1.54) is 0 Å². The van der Waals surface area contributed by atoms with Gasteiger partial charge in [-0.05, 0) is 36.8 Å². The summed E-state index contributed by atoms with van der Waals surface area (Å²) >= 11 is 0. The molecule has 3 aromatic rings. The maximum Gasteiger partial charge on any atom is 0.329 e. The Balaban J connectivity index is 2.10. The predicted molar refractivity (Wildman–Crippen MR) is 82.1 cm³/mol. The number of aryl methyl sites for hydroxylation is 1. The third kappa shape index (κ3) is 2.23. The molecule has 0 aliphatic carbocycles. The van der Waals surface area contributed by atoms with Gasteiger partial charge in [0.25, 0.3) is 0 Å². The molecule has 0 radical (unpaired) electrons. The molecule has 0 saturated heterocycles. The standard InChI is InChI=1S/C17H15N3O/c1-2-19-15-5-3-4-6-16(15)20(17(19)21)12-14-9-7-13(11-18)8-10-14/h3-10H,2,12H2,1H3. The van der Waals surface area contributed by atoms with Crippen LogP contribution in [0.2, 0.25) is 0 Å². The molecule has 0 saturated carbocycles. The zero-order valence-electron chi connectivity index (χ0n) is 11.8. The van der Waals surface area contributed by atoms with E-state index in [9.17, 15) is 4.79 Å². The summed E-state index contributed by atoms with van der Waals surface area (Å²) < 4.78 is 3.55. The molecule has 0 bridgehead atoms. The molecule has 4 nitrogen and oxygen atoms in total. The van der Waals surface area contributed by atoms with Crippen LogP contribution in [0.5, 0.6) is 0 Å². The Bertz CT molecular complexity index is 879. The van der Waals surface area contributed by atoms with E-state index < -0.39 is 0 Å². The van der Waals surface area contributed by atoms with Crippen molar-refractivity contribution in [2.45, 2.75) is 20.0 Å². The first kappa shape index (κ1) is 13.2. The molecule has 0 amide bonds. The van der Waals surface area contributed by atoms with E-state index in [0.717, 1.165) is 16.6 Å². The van der Waals surface area contributed by atoms with Crippen molar-refractivity contribution in [2.24, 2.45) is 0 Å². The molecule has 104 valence electrons. The molecule has 0 aliphatic rings. The van der Waals surface area contributed by atoms with Crippen LogP contribution in [0.3, 0.4) is 0 Å². The molecule has 0 N–H and O–H groups in total. The molecule has 2 aromatic carbocycles. The first-order chi connectivity index (χ1) is 10.2. The Morgan fingerprint density at radius 1 is 1.00 bits per heavy atom. The van der Waals surface area contributed by atoms with Crippen molar-refractivity contribution in [3.8, 4) is 6.07 Å². The fourth-order valence-electron chi connectivity index (χ4n) is 2.60. The fourth-order valence-corrected chi connectivity index (χ4v) is 2.60. The number of benzene rings is 2. The summed E-state index contributed by atoms with van der Waals surface area (Å²) in [5.41, 5.74) is 3.53. The number of rotatable bonds is 3. The van der Waals surface area contributed by atoms with E-state index in [2.05, 4.69) is 6.07 Å². The van der Waals surface area contributed by atoms with Crippen LogP contribution in [0.1, 0.15) is 18.1 Å². The number of fused-ring (bicyclic) bond motifs is 1. The van der Waals surface area contributed by atoms with Gasteiger partial charge in [-0.15, -0.1) is 0 Å². The molecule has 0 aliphatic heterocycles. The van der Waals surface area contributed by atoms with Crippen LogP contribution in [-0.4, -0.2) is 9.13 Å². The largest absolute Gasteiger partial charge is 0.329 e. The molecular formula is C17H15N3O. The second-order valence-electron chi connectivity index (χ2n) is 4.91. The monoisotopic (exact) mass is 277 g/mol. The van der Waals surface area contributed by atoms with Crippen molar-refractivity contribution in [1.82, 2.24) is 9.13 Å². The van der Waals surface area contributed by atoms with Gasteiger partial charge in [0.05, 0.1) is 29.2 Å². The number of hydrogen-bond acceptors (Lipinski definition) is 2. The minimum atomic E-state index is 0.00283. The lowest BCUT2D eigenvalue weighted by Gasteiger charge is -2.03. The SMILES string of the molecule is CCn1c(=O)n(Cc2ccc(C#N)cc2)c2ccccc21. The average molecular weight is 277 g/mol. The number of hydrogen-bond donors (Lipinski definition) is 0. The maximum atomic E-state index is 12.5. The van der Waals surface area contributed by atoms with E-state index in [-0.39, 0.29) is 5.69 Å². The lowest BCUT2D eigenvalue weighted by Crippen LogP contribution is -2.24. The van der Waals surface area contributed by atoms with E-state index >= 15 is 0 Å². The Labute approximate surface area is 122 Å². The number of para-hydroxylation sites is 2. The first-order valence-electron chi connectivity index (χ1n) is 6.91.